The standard InChI is InChI=1S/C22H21N3O6/c1-4-6-15-9-14(10-19(29-3)21(15)30-5-2)13-23-24-22(26)20-12-16-11-17(25(27)28)7-8-18(16)31-20/h4,7-13H,1,5-6H2,2-3H3,(H,24,26)/b23-13+. The van der Waals surface area contributed by atoms with Gasteiger partial charge < -0.3 is 13.9 Å². The lowest BCUT2D eigenvalue weighted by molar-refractivity contribution is -0.384. The third-order valence-corrected chi connectivity index (χ3v) is 4.34. The van der Waals surface area contributed by atoms with Crippen LogP contribution in [0, 0.1) is 10.1 Å². The molecular formula is C22H21N3O6. The number of fused-ring (bicyclic) bond motifs is 1. The molecule has 2 aromatic carbocycles. The summed E-state index contributed by atoms with van der Waals surface area (Å²) in [6, 6.07) is 9.13. The van der Waals surface area contributed by atoms with E-state index in [2.05, 4.69) is 17.1 Å². The zero-order valence-electron chi connectivity index (χ0n) is 17.1. The molecule has 9 heteroatoms. The van der Waals surface area contributed by atoms with Crippen molar-refractivity contribution >= 4 is 28.8 Å². The van der Waals surface area contributed by atoms with Gasteiger partial charge in [0.2, 0.25) is 0 Å². The highest BCUT2D eigenvalue weighted by Gasteiger charge is 2.15. The maximum atomic E-state index is 12.3. The molecule has 31 heavy (non-hydrogen) atoms. The largest absolute Gasteiger partial charge is 0.493 e. The van der Waals surface area contributed by atoms with E-state index in [9.17, 15) is 14.9 Å². The molecule has 0 atom stereocenters. The summed E-state index contributed by atoms with van der Waals surface area (Å²) in [5.41, 5.74) is 4.24. The summed E-state index contributed by atoms with van der Waals surface area (Å²) >= 11 is 0. The minimum Gasteiger partial charge on any atom is -0.493 e. The van der Waals surface area contributed by atoms with Crippen LogP contribution in [0.25, 0.3) is 11.0 Å². The highest BCUT2D eigenvalue weighted by atomic mass is 16.6. The number of carbonyl (C=O) groups excluding carboxylic acids is 1. The zero-order chi connectivity index (χ0) is 22.4. The minimum atomic E-state index is -0.584. The maximum Gasteiger partial charge on any atom is 0.307 e. The number of carbonyl (C=O) groups is 1. The van der Waals surface area contributed by atoms with Gasteiger partial charge in [-0.15, -0.1) is 6.58 Å². The van der Waals surface area contributed by atoms with Crippen molar-refractivity contribution in [2.45, 2.75) is 13.3 Å². The summed E-state index contributed by atoms with van der Waals surface area (Å²) in [4.78, 5) is 22.7. The molecule has 9 nitrogen and oxygen atoms in total. The van der Waals surface area contributed by atoms with Gasteiger partial charge in [0, 0.05) is 23.1 Å². The summed E-state index contributed by atoms with van der Waals surface area (Å²) in [5.74, 6) is 0.596. The van der Waals surface area contributed by atoms with Crippen molar-refractivity contribution in [1.29, 1.82) is 0 Å². The number of amides is 1. The SMILES string of the molecule is C=CCc1cc(/C=N/NC(=O)c2cc3cc([N+](=O)[O-])ccc3o2)cc(OC)c1OCC. The van der Waals surface area contributed by atoms with Crippen molar-refractivity contribution in [2.75, 3.05) is 13.7 Å². The molecule has 1 heterocycles. The molecule has 0 saturated heterocycles. The smallest absolute Gasteiger partial charge is 0.307 e. The fourth-order valence-electron chi connectivity index (χ4n) is 3.00. The Morgan fingerprint density at radius 2 is 2.13 bits per heavy atom. The first-order chi connectivity index (χ1) is 15.0. The molecule has 3 rings (SSSR count). The van der Waals surface area contributed by atoms with E-state index in [0.717, 1.165) is 5.56 Å². The average molecular weight is 423 g/mol. The Balaban J connectivity index is 1.78. The van der Waals surface area contributed by atoms with Gasteiger partial charge in [-0.1, -0.05) is 6.08 Å². The number of non-ortho nitro benzene ring substituents is 1. The molecule has 0 aliphatic heterocycles. The molecule has 0 bridgehead atoms. The number of benzene rings is 2. The average Bonchev–Trinajstić information content (AvgIpc) is 3.19. The van der Waals surface area contributed by atoms with Crippen LogP contribution in [-0.4, -0.2) is 30.8 Å². The number of furan rings is 1. The molecule has 0 aliphatic rings. The fraction of sp³-hybridized carbons (Fsp3) is 0.182. The van der Waals surface area contributed by atoms with Crippen LogP contribution in [0.1, 0.15) is 28.6 Å². The van der Waals surface area contributed by atoms with E-state index in [1.807, 2.05) is 13.0 Å². The summed E-state index contributed by atoms with van der Waals surface area (Å²) in [5, 5.41) is 15.3. The van der Waals surface area contributed by atoms with E-state index < -0.39 is 10.8 Å². The summed E-state index contributed by atoms with van der Waals surface area (Å²) in [6.07, 6.45) is 3.80. The van der Waals surface area contributed by atoms with Crippen molar-refractivity contribution < 1.29 is 23.6 Å². The number of nitro benzene ring substituents is 1. The summed E-state index contributed by atoms with van der Waals surface area (Å²) in [7, 11) is 1.55. The van der Waals surface area contributed by atoms with Gasteiger partial charge >= 0.3 is 5.91 Å². The number of ether oxygens (including phenoxy) is 2. The summed E-state index contributed by atoms with van der Waals surface area (Å²) < 4.78 is 16.5. The number of methoxy groups -OCH3 is 1. The molecule has 0 unspecified atom stereocenters. The van der Waals surface area contributed by atoms with Gasteiger partial charge in [-0.3, -0.25) is 14.9 Å². The second-order valence-electron chi connectivity index (χ2n) is 6.43. The van der Waals surface area contributed by atoms with Gasteiger partial charge in [0.05, 0.1) is 24.9 Å². The number of hydrogen-bond acceptors (Lipinski definition) is 7. The number of hydrazone groups is 1. The Morgan fingerprint density at radius 3 is 2.81 bits per heavy atom. The van der Waals surface area contributed by atoms with Crippen LogP contribution in [0.15, 0.2) is 58.6 Å². The number of nitro groups is 1. The van der Waals surface area contributed by atoms with Crippen molar-refractivity contribution in [3.05, 3.63) is 76.1 Å². The van der Waals surface area contributed by atoms with Crippen LogP contribution in [-0.2, 0) is 6.42 Å². The maximum absolute atomic E-state index is 12.3. The predicted octanol–water partition coefficient (Wildman–Crippen LogP) is 4.24. The number of nitrogens with one attached hydrogen (secondary N) is 1. The van der Waals surface area contributed by atoms with Gasteiger partial charge in [-0.25, -0.2) is 5.43 Å². The molecule has 0 aliphatic carbocycles. The first-order valence-electron chi connectivity index (χ1n) is 9.42. The van der Waals surface area contributed by atoms with Crippen LogP contribution < -0.4 is 14.9 Å². The Bertz CT molecular complexity index is 1170. The lowest BCUT2D eigenvalue weighted by Gasteiger charge is -2.14. The highest BCUT2D eigenvalue weighted by molar-refractivity contribution is 5.97. The van der Waals surface area contributed by atoms with E-state index in [1.54, 1.807) is 19.3 Å². The van der Waals surface area contributed by atoms with Crippen molar-refractivity contribution in [2.24, 2.45) is 5.10 Å². The van der Waals surface area contributed by atoms with Gasteiger partial charge in [0.1, 0.15) is 5.58 Å². The fourth-order valence-corrected chi connectivity index (χ4v) is 3.00. The quantitative estimate of drug-likeness (QED) is 0.238. The lowest BCUT2D eigenvalue weighted by atomic mass is 10.1. The van der Waals surface area contributed by atoms with Gasteiger partial charge in [-0.05, 0) is 43.2 Å². The number of nitrogens with zero attached hydrogens (tertiary/aromatic N) is 2. The number of hydrogen-bond donors (Lipinski definition) is 1. The topological polar surface area (TPSA) is 116 Å². The minimum absolute atomic E-state index is 0.00994. The molecule has 3 aromatic rings. The highest BCUT2D eigenvalue weighted by Crippen LogP contribution is 2.33. The summed E-state index contributed by atoms with van der Waals surface area (Å²) in [6.45, 7) is 6.14. The van der Waals surface area contributed by atoms with Crippen LogP contribution in [0.5, 0.6) is 11.5 Å². The van der Waals surface area contributed by atoms with Crippen molar-refractivity contribution in [3.8, 4) is 11.5 Å². The first kappa shape index (κ1) is 21.6. The van der Waals surface area contributed by atoms with Crippen molar-refractivity contribution in [1.82, 2.24) is 5.43 Å². The molecule has 0 spiro atoms. The van der Waals surface area contributed by atoms with E-state index in [4.69, 9.17) is 13.9 Å². The third-order valence-electron chi connectivity index (χ3n) is 4.34. The van der Waals surface area contributed by atoms with Crippen LogP contribution in [0.2, 0.25) is 0 Å². The Hall–Kier alpha value is -4.14. The van der Waals surface area contributed by atoms with Gasteiger partial charge in [0.25, 0.3) is 5.69 Å². The second-order valence-corrected chi connectivity index (χ2v) is 6.43. The van der Waals surface area contributed by atoms with E-state index >= 15 is 0 Å². The monoisotopic (exact) mass is 423 g/mol. The van der Waals surface area contributed by atoms with E-state index in [0.29, 0.717) is 41.1 Å². The molecule has 0 fully saturated rings. The van der Waals surface area contributed by atoms with Crippen LogP contribution in [0.3, 0.4) is 0 Å². The van der Waals surface area contributed by atoms with E-state index in [-0.39, 0.29) is 11.4 Å². The Labute approximate surface area is 178 Å². The molecule has 0 radical (unpaired) electrons. The Kier molecular flexibility index (Phi) is 6.66. The van der Waals surface area contributed by atoms with Gasteiger partial charge in [-0.2, -0.15) is 5.10 Å². The van der Waals surface area contributed by atoms with Crippen LogP contribution in [0.4, 0.5) is 5.69 Å². The lowest BCUT2D eigenvalue weighted by Crippen LogP contribution is -2.16. The van der Waals surface area contributed by atoms with Crippen molar-refractivity contribution in [3.63, 3.8) is 0 Å². The molecule has 1 N–H and O–H groups in total. The molecule has 160 valence electrons. The molecule has 1 aromatic heterocycles. The second kappa shape index (κ2) is 9.57. The number of allylic oxidation sites excluding steroid dienone is 1. The van der Waals surface area contributed by atoms with Crippen LogP contribution >= 0.6 is 0 Å². The molecule has 0 saturated carbocycles. The van der Waals surface area contributed by atoms with E-state index in [1.165, 1.54) is 30.5 Å². The number of rotatable bonds is 9. The molecule has 1 amide bonds. The Morgan fingerprint density at radius 1 is 1.32 bits per heavy atom. The first-order valence-corrected chi connectivity index (χ1v) is 9.42. The molecular weight excluding hydrogens is 402 g/mol. The zero-order valence-corrected chi connectivity index (χ0v) is 17.1. The normalized spacial score (nSPS) is 10.9. The predicted molar refractivity (Wildman–Crippen MR) is 116 cm³/mol. The van der Waals surface area contributed by atoms with Gasteiger partial charge in [0.15, 0.2) is 17.3 Å². The third kappa shape index (κ3) is 4.89.